The first-order valence-electron chi connectivity index (χ1n) is 8.21. The van der Waals surface area contributed by atoms with Crippen LogP contribution < -0.4 is 11.2 Å². The number of ether oxygens (including phenoxy) is 1. The van der Waals surface area contributed by atoms with E-state index in [-0.39, 0.29) is 22.9 Å². The Morgan fingerprint density at radius 1 is 1.35 bits per heavy atom. The van der Waals surface area contributed by atoms with Gasteiger partial charge in [-0.15, -0.1) is 0 Å². The lowest BCUT2D eigenvalue weighted by atomic mass is 10.2. The topological polar surface area (TPSA) is 73.3 Å². The van der Waals surface area contributed by atoms with Gasteiger partial charge in [-0.2, -0.15) is 0 Å². The number of rotatable bonds is 4. The molecule has 1 aliphatic heterocycles. The number of hydrogen-bond acceptors (Lipinski definition) is 4. The van der Waals surface area contributed by atoms with Crippen molar-refractivity contribution in [2.75, 3.05) is 6.61 Å². The molecule has 1 aliphatic carbocycles. The van der Waals surface area contributed by atoms with E-state index in [4.69, 9.17) is 9.16 Å². The first-order valence-corrected chi connectivity index (χ1v) is 11.1. The van der Waals surface area contributed by atoms with Gasteiger partial charge >= 0.3 is 5.69 Å². The van der Waals surface area contributed by atoms with E-state index in [0.29, 0.717) is 18.4 Å². The van der Waals surface area contributed by atoms with Crippen molar-refractivity contribution in [2.45, 2.75) is 57.7 Å². The SMILES string of the molecule is CC(C)(C)[Si](C)(C)OC[C@H]1O[C@@H](n2ccc(=O)[nH]c2=O)[C@@H]2C[C@@H]21. The van der Waals surface area contributed by atoms with Crippen LogP contribution in [0.4, 0.5) is 0 Å². The van der Waals surface area contributed by atoms with E-state index in [1.54, 1.807) is 0 Å². The molecule has 6 nitrogen and oxygen atoms in total. The van der Waals surface area contributed by atoms with Gasteiger partial charge in [-0.3, -0.25) is 14.3 Å². The molecule has 2 heterocycles. The monoisotopic (exact) mass is 338 g/mol. The quantitative estimate of drug-likeness (QED) is 0.853. The maximum absolute atomic E-state index is 11.9. The summed E-state index contributed by atoms with van der Waals surface area (Å²) in [5, 5.41) is 0.170. The van der Waals surface area contributed by atoms with E-state index in [1.807, 2.05) is 0 Å². The summed E-state index contributed by atoms with van der Waals surface area (Å²) in [4.78, 5) is 25.4. The van der Waals surface area contributed by atoms with Gasteiger partial charge in [0, 0.05) is 18.2 Å². The third-order valence-corrected chi connectivity index (χ3v) is 10.1. The van der Waals surface area contributed by atoms with Crippen LogP contribution in [0, 0.1) is 11.8 Å². The Morgan fingerprint density at radius 2 is 2.04 bits per heavy atom. The highest BCUT2D eigenvalue weighted by Crippen LogP contribution is 2.56. The molecule has 3 rings (SSSR count). The Kier molecular flexibility index (Phi) is 3.93. The molecule has 1 N–H and O–H groups in total. The number of hydrogen-bond donors (Lipinski definition) is 1. The third-order valence-electron chi connectivity index (χ3n) is 5.59. The zero-order chi connectivity index (χ0) is 17.0. The van der Waals surface area contributed by atoms with Crippen molar-refractivity contribution in [3.8, 4) is 0 Å². The van der Waals surface area contributed by atoms with E-state index < -0.39 is 14.0 Å². The number of fused-ring (bicyclic) bond motifs is 1. The lowest BCUT2D eigenvalue weighted by Crippen LogP contribution is -2.43. The molecule has 4 atom stereocenters. The van der Waals surface area contributed by atoms with Crippen LogP contribution in [0.25, 0.3) is 0 Å². The molecule has 128 valence electrons. The molecule has 1 aromatic heterocycles. The summed E-state index contributed by atoms with van der Waals surface area (Å²) in [6.45, 7) is 11.7. The number of H-pyrrole nitrogens is 1. The fraction of sp³-hybridized carbons (Fsp3) is 0.750. The molecular weight excluding hydrogens is 312 g/mol. The Morgan fingerprint density at radius 3 is 2.65 bits per heavy atom. The van der Waals surface area contributed by atoms with E-state index in [9.17, 15) is 9.59 Å². The predicted molar refractivity (Wildman–Crippen MR) is 90.0 cm³/mol. The summed E-state index contributed by atoms with van der Waals surface area (Å²) in [5.74, 6) is 0.815. The van der Waals surface area contributed by atoms with Gasteiger partial charge in [0.2, 0.25) is 0 Å². The minimum Gasteiger partial charge on any atom is -0.414 e. The highest BCUT2D eigenvalue weighted by Gasteiger charge is 2.57. The molecule has 0 aromatic carbocycles. The normalized spacial score (nSPS) is 30.3. The molecule has 1 saturated heterocycles. The van der Waals surface area contributed by atoms with Crippen molar-refractivity contribution in [2.24, 2.45) is 11.8 Å². The first-order chi connectivity index (χ1) is 10.6. The number of aromatic amines is 1. The zero-order valence-electron chi connectivity index (χ0n) is 14.5. The van der Waals surface area contributed by atoms with Crippen LogP contribution in [0.5, 0.6) is 0 Å². The molecule has 1 saturated carbocycles. The van der Waals surface area contributed by atoms with Crippen molar-refractivity contribution in [1.29, 1.82) is 0 Å². The Bertz CT molecular complexity index is 703. The van der Waals surface area contributed by atoms with Gasteiger partial charge in [-0.1, -0.05) is 20.8 Å². The second-order valence-corrected chi connectivity index (χ2v) is 13.0. The van der Waals surface area contributed by atoms with Gasteiger partial charge in [-0.05, 0) is 30.5 Å². The molecule has 0 bridgehead atoms. The standard InChI is InChI=1S/C16H26N2O4Si/c1-16(2,3)23(4,5)21-9-12-10-8-11(10)14(22-12)18-7-6-13(19)17-15(18)20/h6-7,10-12,14H,8-9H2,1-5H3,(H,17,19,20)/t10-,11+,12+,14+/m0/s1. The molecule has 1 aromatic rings. The molecule has 0 unspecified atom stereocenters. The van der Waals surface area contributed by atoms with Crippen LogP contribution in [0.3, 0.4) is 0 Å². The van der Waals surface area contributed by atoms with E-state index in [1.165, 1.54) is 16.8 Å². The Labute approximate surface area is 137 Å². The van der Waals surface area contributed by atoms with Gasteiger partial charge in [0.25, 0.3) is 5.56 Å². The number of aromatic nitrogens is 2. The van der Waals surface area contributed by atoms with Crippen LogP contribution in [0.15, 0.2) is 21.9 Å². The lowest BCUT2D eigenvalue weighted by molar-refractivity contribution is -0.0494. The summed E-state index contributed by atoms with van der Waals surface area (Å²) >= 11 is 0. The molecular formula is C16H26N2O4Si. The predicted octanol–water partition coefficient (Wildman–Crippen LogP) is 2.09. The maximum Gasteiger partial charge on any atom is 0.330 e. The fourth-order valence-corrected chi connectivity index (χ4v) is 3.96. The molecule has 2 fully saturated rings. The van der Waals surface area contributed by atoms with Crippen LogP contribution >= 0.6 is 0 Å². The van der Waals surface area contributed by atoms with Gasteiger partial charge in [-0.25, -0.2) is 4.79 Å². The fourth-order valence-electron chi connectivity index (χ4n) is 2.94. The molecule has 0 spiro atoms. The Hall–Kier alpha value is -1.18. The summed E-state index contributed by atoms with van der Waals surface area (Å²) in [5.41, 5.74) is -0.784. The Balaban J connectivity index is 1.68. The minimum absolute atomic E-state index is 0.0398. The van der Waals surface area contributed by atoms with Crippen LogP contribution in [-0.2, 0) is 9.16 Å². The van der Waals surface area contributed by atoms with Crippen LogP contribution in [-0.4, -0.2) is 30.6 Å². The van der Waals surface area contributed by atoms with E-state index >= 15 is 0 Å². The smallest absolute Gasteiger partial charge is 0.330 e. The van der Waals surface area contributed by atoms with Crippen molar-refractivity contribution in [3.63, 3.8) is 0 Å². The van der Waals surface area contributed by atoms with Crippen LogP contribution in [0.1, 0.15) is 33.4 Å². The number of nitrogens with one attached hydrogen (secondary N) is 1. The van der Waals surface area contributed by atoms with Crippen LogP contribution in [0.2, 0.25) is 18.1 Å². The molecule has 7 heteroatoms. The summed E-state index contributed by atoms with van der Waals surface area (Å²) in [6.07, 6.45) is 2.34. The first kappa shape index (κ1) is 16.7. The van der Waals surface area contributed by atoms with Gasteiger partial charge < -0.3 is 9.16 Å². The summed E-state index contributed by atoms with van der Waals surface area (Å²) in [7, 11) is -1.80. The second-order valence-electron chi connectivity index (χ2n) is 8.22. The maximum atomic E-state index is 11.9. The van der Waals surface area contributed by atoms with E-state index in [0.717, 1.165) is 6.42 Å². The molecule has 0 amide bonds. The minimum atomic E-state index is -1.80. The van der Waals surface area contributed by atoms with Crippen molar-refractivity contribution < 1.29 is 9.16 Å². The second kappa shape index (κ2) is 5.43. The van der Waals surface area contributed by atoms with Crippen molar-refractivity contribution in [1.82, 2.24) is 9.55 Å². The zero-order valence-corrected chi connectivity index (χ0v) is 15.5. The lowest BCUT2D eigenvalue weighted by Gasteiger charge is -2.37. The average Bonchev–Trinajstić information content (AvgIpc) is 3.13. The molecule has 23 heavy (non-hydrogen) atoms. The van der Waals surface area contributed by atoms with Gasteiger partial charge in [0.05, 0.1) is 12.7 Å². The van der Waals surface area contributed by atoms with Crippen molar-refractivity contribution in [3.05, 3.63) is 33.1 Å². The molecule has 2 aliphatic rings. The van der Waals surface area contributed by atoms with Crippen molar-refractivity contribution >= 4 is 8.32 Å². The third kappa shape index (κ3) is 3.09. The average molecular weight is 338 g/mol. The molecule has 0 radical (unpaired) electrons. The summed E-state index contributed by atoms with van der Waals surface area (Å²) < 4.78 is 13.9. The van der Waals surface area contributed by atoms with E-state index in [2.05, 4.69) is 38.8 Å². The summed E-state index contributed by atoms with van der Waals surface area (Å²) in [6, 6.07) is 1.36. The van der Waals surface area contributed by atoms with Gasteiger partial charge in [0.1, 0.15) is 6.23 Å². The highest BCUT2D eigenvalue weighted by atomic mass is 28.4. The van der Waals surface area contributed by atoms with Gasteiger partial charge in [0.15, 0.2) is 8.32 Å². The highest BCUT2D eigenvalue weighted by molar-refractivity contribution is 6.74. The number of nitrogens with zero attached hydrogens (tertiary/aromatic N) is 1. The largest absolute Gasteiger partial charge is 0.414 e.